The van der Waals surface area contributed by atoms with Crippen molar-refractivity contribution < 1.29 is 0 Å². The van der Waals surface area contributed by atoms with Gasteiger partial charge in [0.1, 0.15) is 5.51 Å². The summed E-state index contributed by atoms with van der Waals surface area (Å²) in [4.78, 5) is 14.0. The van der Waals surface area contributed by atoms with E-state index < -0.39 is 0 Å². The van der Waals surface area contributed by atoms with Crippen LogP contribution < -0.4 is 4.90 Å². The quantitative estimate of drug-likeness (QED) is 0.842. The number of halogens is 1. The van der Waals surface area contributed by atoms with Gasteiger partial charge in [0.25, 0.3) is 0 Å². The first-order valence-electron chi connectivity index (χ1n) is 4.18. The molecule has 2 aromatic rings. The molecule has 2 aromatic heterocycles. The molecular formula is C7H7ClN6S2. The number of hydrogen-bond donors (Lipinski definition) is 0. The van der Waals surface area contributed by atoms with Crippen LogP contribution in [-0.4, -0.2) is 39.2 Å². The zero-order valence-electron chi connectivity index (χ0n) is 8.46. The maximum absolute atomic E-state index is 5.80. The molecule has 0 fully saturated rings. The van der Waals surface area contributed by atoms with Crippen molar-refractivity contribution in [3.05, 3.63) is 10.8 Å². The van der Waals surface area contributed by atoms with Crippen molar-refractivity contribution in [2.24, 2.45) is 0 Å². The molecule has 0 bridgehead atoms. The SMILES string of the molecule is CN(C)c1nc(Cl)nc(Sc2nncs2)n1. The molecule has 0 unspecified atom stereocenters. The lowest BCUT2D eigenvalue weighted by Gasteiger charge is -2.09. The van der Waals surface area contributed by atoms with Crippen LogP contribution in [0.1, 0.15) is 0 Å². The molecule has 2 rings (SSSR count). The molecule has 0 atom stereocenters. The third-order valence-corrected chi connectivity index (χ3v) is 3.31. The summed E-state index contributed by atoms with van der Waals surface area (Å²) in [6.07, 6.45) is 0. The summed E-state index contributed by atoms with van der Waals surface area (Å²) in [5, 5.41) is 8.31. The number of nitrogens with zero attached hydrogens (tertiary/aromatic N) is 6. The summed E-state index contributed by atoms with van der Waals surface area (Å²) in [6.45, 7) is 0. The van der Waals surface area contributed by atoms with Crippen LogP contribution in [0.3, 0.4) is 0 Å². The van der Waals surface area contributed by atoms with E-state index in [-0.39, 0.29) is 5.28 Å². The molecule has 0 amide bonds. The lowest BCUT2D eigenvalue weighted by atomic mass is 10.8. The highest BCUT2D eigenvalue weighted by Crippen LogP contribution is 2.26. The normalized spacial score (nSPS) is 10.4. The third-order valence-electron chi connectivity index (χ3n) is 1.49. The number of anilines is 1. The van der Waals surface area contributed by atoms with Gasteiger partial charge in [0.15, 0.2) is 4.34 Å². The van der Waals surface area contributed by atoms with Crippen molar-refractivity contribution in [3.8, 4) is 0 Å². The van der Waals surface area contributed by atoms with Crippen LogP contribution in [-0.2, 0) is 0 Å². The zero-order valence-corrected chi connectivity index (χ0v) is 10.8. The third kappa shape index (κ3) is 2.77. The summed E-state index contributed by atoms with van der Waals surface area (Å²) in [5.74, 6) is 0.520. The van der Waals surface area contributed by atoms with Gasteiger partial charge >= 0.3 is 0 Å². The summed E-state index contributed by atoms with van der Waals surface area (Å²) >= 11 is 8.53. The van der Waals surface area contributed by atoms with Gasteiger partial charge in [0, 0.05) is 14.1 Å². The summed E-state index contributed by atoms with van der Waals surface area (Å²) in [6, 6.07) is 0. The van der Waals surface area contributed by atoms with Crippen molar-refractivity contribution >= 4 is 40.6 Å². The molecule has 0 spiro atoms. The average Bonchev–Trinajstić information content (AvgIpc) is 2.69. The van der Waals surface area contributed by atoms with Crippen LogP contribution in [0, 0.1) is 0 Å². The van der Waals surface area contributed by atoms with E-state index in [4.69, 9.17) is 11.6 Å². The van der Waals surface area contributed by atoms with Crippen LogP contribution in [0.15, 0.2) is 15.0 Å². The van der Waals surface area contributed by atoms with E-state index in [1.807, 2.05) is 14.1 Å². The molecule has 16 heavy (non-hydrogen) atoms. The van der Waals surface area contributed by atoms with Gasteiger partial charge in [0.05, 0.1) is 0 Å². The molecule has 0 aliphatic heterocycles. The van der Waals surface area contributed by atoms with Gasteiger partial charge in [-0.25, -0.2) is 0 Å². The van der Waals surface area contributed by atoms with Gasteiger partial charge in [-0.05, 0) is 23.4 Å². The Morgan fingerprint density at radius 3 is 2.75 bits per heavy atom. The van der Waals surface area contributed by atoms with Crippen LogP contribution in [0.5, 0.6) is 0 Å². The molecule has 0 aliphatic rings. The van der Waals surface area contributed by atoms with E-state index in [0.717, 1.165) is 4.34 Å². The Hall–Kier alpha value is -0.990. The van der Waals surface area contributed by atoms with Crippen LogP contribution in [0.4, 0.5) is 5.95 Å². The largest absolute Gasteiger partial charge is 0.347 e. The highest BCUT2D eigenvalue weighted by molar-refractivity contribution is 8.00. The number of aromatic nitrogens is 5. The zero-order chi connectivity index (χ0) is 11.5. The Bertz CT molecular complexity index is 474. The average molecular weight is 275 g/mol. The Morgan fingerprint density at radius 1 is 1.31 bits per heavy atom. The molecule has 0 radical (unpaired) electrons. The second-order valence-electron chi connectivity index (χ2n) is 2.89. The number of hydrogen-bond acceptors (Lipinski definition) is 8. The summed E-state index contributed by atoms with van der Waals surface area (Å²) < 4.78 is 0.770. The van der Waals surface area contributed by atoms with Gasteiger partial charge in [-0.1, -0.05) is 11.3 Å². The van der Waals surface area contributed by atoms with Crippen molar-refractivity contribution in [1.29, 1.82) is 0 Å². The van der Waals surface area contributed by atoms with E-state index in [9.17, 15) is 0 Å². The van der Waals surface area contributed by atoms with E-state index in [1.165, 1.54) is 23.1 Å². The molecule has 2 heterocycles. The Labute approximate surface area is 105 Å². The van der Waals surface area contributed by atoms with E-state index in [0.29, 0.717) is 11.1 Å². The molecule has 0 saturated heterocycles. The van der Waals surface area contributed by atoms with Gasteiger partial charge in [-0.15, -0.1) is 10.2 Å². The van der Waals surface area contributed by atoms with Crippen LogP contribution in [0.25, 0.3) is 0 Å². The highest BCUT2D eigenvalue weighted by Gasteiger charge is 2.09. The molecule has 9 heteroatoms. The van der Waals surface area contributed by atoms with Crippen molar-refractivity contribution in [2.75, 3.05) is 19.0 Å². The second kappa shape index (κ2) is 4.89. The maximum Gasteiger partial charge on any atom is 0.230 e. The maximum atomic E-state index is 5.80. The lowest BCUT2D eigenvalue weighted by molar-refractivity contribution is 0.863. The van der Waals surface area contributed by atoms with Gasteiger partial charge in [0.2, 0.25) is 16.4 Å². The van der Waals surface area contributed by atoms with Gasteiger partial charge < -0.3 is 4.90 Å². The first-order valence-corrected chi connectivity index (χ1v) is 6.25. The molecule has 0 N–H and O–H groups in total. The molecule has 6 nitrogen and oxygen atoms in total. The fourth-order valence-electron chi connectivity index (χ4n) is 0.853. The Morgan fingerprint density at radius 2 is 2.12 bits per heavy atom. The monoisotopic (exact) mass is 274 g/mol. The predicted octanol–water partition coefficient (Wildman–Crippen LogP) is 1.59. The highest BCUT2D eigenvalue weighted by atomic mass is 35.5. The predicted molar refractivity (Wildman–Crippen MR) is 63.2 cm³/mol. The first-order chi connectivity index (χ1) is 7.65. The van der Waals surface area contributed by atoms with E-state index in [2.05, 4.69) is 25.1 Å². The summed E-state index contributed by atoms with van der Waals surface area (Å²) in [7, 11) is 3.68. The fraction of sp³-hybridized carbons (Fsp3) is 0.286. The smallest absolute Gasteiger partial charge is 0.230 e. The van der Waals surface area contributed by atoms with Crippen LogP contribution in [0.2, 0.25) is 5.28 Å². The lowest BCUT2D eigenvalue weighted by Crippen LogP contribution is -2.13. The van der Waals surface area contributed by atoms with E-state index >= 15 is 0 Å². The molecule has 84 valence electrons. The number of rotatable bonds is 3. The minimum absolute atomic E-state index is 0.172. The topological polar surface area (TPSA) is 67.7 Å². The molecular weight excluding hydrogens is 268 g/mol. The molecule has 0 aromatic carbocycles. The fourth-order valence-corrected chi connectivity index (χ4v) is 2.39. The van der Waals surface area contributed by atoms with Crippen molar-refractivity contribution in [1.82, 2.24) is 25.1 Å². The molecule has 0 saturated carbocycles. The first kappa shape index (κ1) is 11.5. The van der Waals surface area contributed by atoms with Gasteiger partial charge in [-0.3, -0.25) is 0 Å². The summed E-state index contributed by atoms with van der Waals surface area (Å²) in [5.41, 5.74) is 1.65. The Kier molecular flexibility index (Phi) is 3.52. The minimum atomic E-state index is 0.172. The standard InChI is InChI=1S/C7H7ClN6S2/c1-14(2)5-10-4(8)11-6(12-5)16-7-13-9-3-15-7/h3H,1-2H3. The Balaban J connectivity index is 2.27. The van der Waals surface area contributed by atoms with E-state index in [1.54, 1.807) is 10.4 Å². The van der Waals surface area contributed by atoms with Crippen molar-refractivity contribution in [2.45, 2.75) is 9.50 Å². The van der Waals surface area contributed by atoms with Crippen molar-refractivity contribution in [3.63, 3.8) is 0 Å². The van der Waals surface area contributed by atoms with Crippen LogP contribution >= 0.6 is 34.7 Å². The molecule has 0 aliphatic carbocycles. The van der Waals surface area contributed by atoms with Gasteiger partial charge in [-0.2, -0.15) is 15.0 Å². The second-order valence-corrected chi connectivity index (χ2v) is 5.27. The minimum Gasteiger partial charge on any atom is -0.347 e.